The zero-order valence-corrected chi connectivity index (χ0v) is 25.3. The van der Waals surface area contributed by atoms with Crippen LogP contribution in [-0.4, -0.2) is 45.2 Å². The highest BCUT2D eigenvalue weighted by molar-refractivity contribution is 6.31. The van der Waals surface area contributed by atoms with E-state index in [1.165, 1.54) is 10.7 Å². The molecule has 1 amide bonds. The van der Waals surface area contributed by atoms with Gasteiger partial charge in [0.15, 0.2) is 5.15 Å². The van der Waals surface area contributed by atoms with E-state index in [0.717, 1.165) is 17.0 Å². The average molecular weight is 619 g/mol. The molecule has 0 spiro atoms. The van der Waals surface area contributed by atoms with Gasteiger partial charge in [0.2, 0.25) is 5.91 Å². The number of carbonyl (C=O) groups is 1. The lowest BCUT2D eigenvalue weighted by atomic mass is 9.88. The van der Waals surface area contributed by atoms with E-state index in [1.54, 1.807) is 52.4 Å². The lowest BCUT2D eigenvalue weighted by Crippen LogP contribution is -2.29. The van der Waals surface area contributed by atoms with E-state index in [0.29, 0.717) is 46.9 Å². The number of hydrogen-bond donors (Lipinski definition) is 1. The van der Waals surface area contributed by atoms with Gasteiger partial charge in [-0.1, -0.05) is 48.7 Å². The van der Waals surface area contributed by atoms with E-state index in [-0.39, 0.29) is 28.5 Å². The van der Waals surface area contributed by atoms with Crippen LogP contribution in [0.15, 0.2) is 66.1 Å². The molecule has 0 aliphatic carbocycles. The van der Waals surface area contributed by atoms with Crippen molar-refractivity contribution >= 4 is 34.8 Å². The third-order valence-corrected chi connectivity index (χ3v) is 8.25. The lowest BCUT2D eigenvalue weighted by Gasteiger charge is -2.24. The molecule has 11 nitrogen and oxygen atoms in total. The van der Waals surface area contributed by atoms with Gasteiger partial charge < -0.3 is 5.32 Å². The number of hydrogen-bond acceptors (Lipinski definition) is 7. The lowest BCUT2D eigenvalue weighted by molar-refractivity contribution is -0.121. The number of benzene rings is 1. The van der Waals surface area contributed by atoms with E-state index in [4.69, 9.17) is 23.2 Å². The maximum Gasteiger partial charge on any atom is 0.254 e. The fraction of sp³-hybridized carbons (Fsp3) is 0.300. The zero-order chi connectivity index (χ0) is 30.2. The number of anilines is 1. The number of nitrogens with one attached hydrogen (secondary N) is 1. The first kappa shape index (κ1) is 28.8. The summed E-state index contributed by atoms with van der Waals surface area (Å²) in [6, 6.07) is 10.1. The van der Waals surface area contributed by atoms with Crippen molar-refractivity contribution in [2.75, 3.05) is 5.32 Å². The van der Waals surface area contributed by atoms with E-state index < -0.39 is 6.04 Å². The first-order valence-corrected chi connectivity index (χ1v) is 14.7. The van der Waals surface area contributed by atoms with Crippen molar-refractivity contribution in [2.24, 2.45) is 18.9 Å². The molecule has 0 saturated heterocycles. The van der Waals surface area contributed by atoms with Crippen LogP contribution in [0.3, 0.4) is 0 Å². The van der Waals surface area contributed by atoms with Gasteiger partial charge in [0.1, 0.15) is 0 Å². The molecule has 43 heavy (non-hydrogen) atoms. The van der Waals surface area contributed by atoms with Crippen molar-refractivity contribution in [2.45, 2.75) is 39.2 Å². The van der Waals surface area contributed by atoms with Gasteiger partial charge in [0.05, 0.1) is 53.2 Å². The molecule has 1 aliphatic rings. The molecule has 6 rings (SSSR count). The van der Waals surface area contributed by atoms with E-state index in [1.807, 2.05) is 33.0 Å². The molecule has 0 unspecified atom stereocenters. The van der Waals surface area contributed by atoms with Crippen molar-refractivity contribution < 1.29 is 4.79 Å². The van der Waals surface area contributed by atoms with Crippen LogP contribution < -0.4 is 10.9 Å². The number of pyridine rings is 1. The maximum absolute atomic E-state index is 13.8. The van der Waals surface area contributed by atoms with Gasteiger partial charge in [-0.15, -0.1) is 5.10 Å². The summed E-state index contributed by atoms with van der Waals surface area (Å²) >= 11 is 12.3. The first-order chi connectivity index (χ1) is 20.7. The van der Waals surface area contributed by atoms with Crippen molar-refractivity contribution in [1.29, 1.82) is 0 Å². The molecule has 13 heteroatoms. The molecule has 0 fully saturated rings. The third-order valence-electron chi connectivity index (χ3n) is 7.85. The van der Waals surface area contributed by atoms with Gasteiger partial charge in [-0.3, -0.25) is 23.8 Å². The predicted molar refractivity (Wildman–Crippen MR) is 164 cm³/mol. The second kappa shape index (κ2) is 11.7. The second-order valence-corrected chi connectivity index (χ2v) is 11.8. The Bertz CT molecular complexity index is 1880. The monoisotopic (exact) mass is 617 g/mol. The molecule has 0 saturated carbocycles. The summed E-state index contributed by atoms with van der Waals surface area (Å²) in [5, 5.41) is 16.1. The molecule has 1 aromatic carbocycles. The largest absolute Gasteiger partial charge is 0.323 e. The average Bonchev–Trinajstić information content (AvgIpc) is 3.57. The summed E-state index contributed by atoms with van der Waals surface area (Å²) in [6.45, 7) is 4.10. The Morgan fingerprint density at radius 1 is 1.05 bits per heavy atom. The van der Waals surface area contributed by atoms with Gasteiger partial charge >= 0.3 is 0 Å². The Morgan fingerprint density at radius 2 is 1.88 bits per heavy atom. The van der Waals surface area contributed by atoms with Crippen LogP contribution in [0.1, 0.15) is 44.8 Å². The minimum absolute atomic E-state index is 0.0372. The Labute approximate surface area is 257 Å². The molecule has 2 atom stereocenters. The highest BCUT2D eigenvalue weighted by Crippen LogP contribution is 2.34. The first-order valence-electron chi connectivity index (χ1n) is 13.9. The van der Waals surface area contributed by atoms with E-state index >= 15 is 0 Å². The summed E-state index contributed by atoms with van der Waals surface area (Å²) in [6.07, 6.45) is 8.44. The predicted octanol–water partition coefficient (Wildman–Crippen LogP) is 5.58. The fourth-order valence-corrected chi connectivity index (χ4v) is 5.97. The highest BCUT2D eigenvalue weighted by atomic mass is 35.5. The van der Waals surface area contributed by atoms with Crippen LogP contribution in [-0.2, 0) is 11.8 Å². The molecule has 5 heterocycles. The smallest absolute Gasteiger partial charge is 0.254 e. The molecule has 5 aromatic rings. The zero-order valence-electron chi connectivity index (χ0n) is 23.8. The van der Waals surface area contributed by atoms with Crippen LogP contribution in [0.5, 0.6) is 0 Å². The quantitative estimate of drug-likeness (QED) is 0.279. The summed E-state index contributed by atoms with van der Waals surface area (Å²) in [5.74, 6) is -0.110. The van der Waals surface area contributed by atoms with Gasteiger partial charge in [0.25, 0.3) is 5.56 Å². The number of aryl methyl sites for hydroxylation is 1. The van der Waals surface area contributed by atoms with Crippen LogP contribution in [0.4, 0.5) is 5.69 Å². The molecule has 0 radical (unpaired) electrons. The van der Waals surface area contributed by atoms with Gasteiger partial charge in [-0.25, -0.2) is 9.67 Å². The molecule has 1 aliphatic heterocycles. The van der Waals surface area contributed by atoms with Crippen molar-refractivity contribution in [3.8, 4) is 28.2 Å². The number of rotatable bonds is 4. The van der Waals surface area contributed by atoms with Crippen molar-refractivity contribution in [1.82, 2.24) is 39.3 Å². The minimum atomic E-state index is -0.408. The Morgan fingerprint density at radius 3 is 2.63 bits per heavy atom. The topological polar surface area (TPSA) is 125 Å². The second-order valence-electron chi connectivity index (χ2n) is 11.0. The van der Waals surface area contributed by atoms with Crippen LogP contribution in [0.2, 0.25) is 10.2 Å². The molecule has 1 N–H and O–H groups in total. The maximum atomic E-state index is 13.8. The molecule has 4 aromatic heterocycles. The van der Waals surface area contributed by atoms with Gasteiger partial charge in [0, 0.05) is 41.4 Å². The van der Waals surface area contributed by atoms with E-state index in [2.05, 4.69) is 30.7 Å². The fourth-order valence-electron chi connectivity index (χ4n) is 5.67. The molecular formula is C30H29Cl2N9O2. The normalized spacial score (nSPS) is 17.2. The van der Waals surface area contributed by atoms with Gasteiger partial charge in [-0.2, -0.15) is 5.10 Å². The summed E-state index contributed by atoms with van der Waals surface area (Å²) in [7, 11) is 1.83. The summed E-state index contributed by atoms with van der Waals surface area (Å²) < 4.78 is 4.84. The number of carbonyl (C=O) groups excluding carboxylic acids is 1. The SMILES string of the molecule is CC(C)[C@@H]1CCC[C@H](n2cnc(-c3cc(Cl)ccc3-n3cc(Cl)nn3)cc2=O)c2cc(ccn2)-c2c(cnn2C)NC1=O. The van der Waals surface area contributed by atoms with Crippen LogP contribution in [0, 0.1) is 11.8 Å². The number of nitrogens with zero attached hydrogens (tertiary/aromatic N) is 8. The molecule has 220 valence electrons. The Kier molecular flexibility index (Phi) is 7.85. The van der Waals surface area contributed by atoms with Gasteiger partial charge in [-0.05, 0) is 49.1 Å². The Hall–Kier alpha value is -4.35. The number of amides is 1. The Balaban J connectivity index is 1.44. The number of aromatic nitrogens is 8. The van der Waals surface area contributed by atoms with Crippen LogP contribution in [0.25, 0.3) is 28.2 Å². The summed E-state index contributed by atoms with van der Waals surface area (Å²) in [4.78, 5) is 36.5. The van der Waals surface area contributed by atoms with Crippen molar-refractivity contribution in [3.63, 3.8) is 0 Å². The molecular weight excluding hydrogens is 589 g/mol. The number of halogens is 2. The summed E-state index contributed by atoms with van der Waals surface area (Å²) in [5.41, 5.74) is 4.36. The molecule has 2 bridgehead atoms. The highest BCUT2D eigenvalue weighted by Gasteiger charge is 2.27. The van der Waals surface area contributed by atoms with Crippen molar-refractivity contribution in [3.05, 3.63) is 87.5 Å². The minimum Gasteiger partial charge on any atom is -0.323 e. The third kappa shape index (κ3) is 5.70. The number of fused-ring (bicyclic) bond motifs is 4. The standard InChI is InChI=1S/C30H29Cl2N9O2/c1-17(2)20-5-4-6-26(23-11-18(9-10-33-23)29-24(36-30(20)43)14-35-39(29)3)40-16-34-22(13-28(40)42)21-12-19(31)7-8-25(21)41-15-27(32)37-38-41/h7-17,20,26H,4-6H2,1-3H3,(H,36,43)/t20-,26-/m0/s1. The van der Waals surface area contributed by atoms with E-state index in [9.17, 15) is 9.59 Å². The van der Waals surface area contributed by atoms with Crippen LogP contribution >= 0.6 is 23.2 Å².